The van der Waals surface area contributed by atoms with Crippen LogP contribution in [0, 0.1) is 0 Å². The monoisotopic (exact) mass is 118 g/mol. The maximum atomic E-state index is 5.28. The number of hydrogen-bond donors (Lipinski definition) is 1. The smallest absolute Gasteiger partial charge is 0.117 e. The Bertz CT molecular complexity index is 102. The van der Waals surface area contributed by atoms with Crippen molar-refractivity contribution < 1.29 is 0 Å². The number of hydrogen-bond acceptors (Lipinski definition) is 2. The molecule has 2 nitrogen and oxygen atoms in total. The number of rotatable bonds is 1. The highest BCUT2D eigenvalue weighted by molar-refractivity contribution is 6.64. The molecule has 0 saturated carbocycles. The SMILES string of the molecule is C=C(N)/N=C(\C)Cl. The predicted octanol–water partition coefficient (Wildman–Crippen LogP) is 1.07. The molecule has 0 atom stereocenters. The van der Waals surface area contributed by atoms with E-state index in [-0.39, 0.29) is 5.82 Å². The topological polar surface area (TPSA) is 38.4 Å². The third-order valence-electron chi connectivity index (χ3n) is 0.298. The minimum Gasteiger partial charge on any atom is -0.384 e. The third-order valence-corrected chi connectivity index (χ3v) is 0.382. The van der Waals surface area contributed by atoms with Crippen LogP contribution in [0.5, 0.6) is 0 Å². The molecule has 0 radical (unpaired) electrons. The Morgan fingerprint density at radius 3 is 2.29 bits per heavy atom. The molecule has 0 heterocycles. The number of nitrogens with zero attached hydrogens (tertiary/aromatic N) is 1. The molecule has 40 valence electrons. The number of halogens is 1. The molecular weight excluding hydrogens is 112 g/mol. The molecule has 0 aliphatic carbocycles. The van der Waals surface area contributed by atoms with Gasteiger partial charge >= 0.3 is 0 Å². The molecule has 0 unspecified atom stereocenters. The highest BCUT2D eigenvalue weighted by atomic mass is 35.5. The second kappa shape index (κ2) is 2.64. The van der Waals surface area contributed by atoms with Gasteiger partial charge in [0.05, 0.1) is 0 Å². The summed E-state index contributed by atoms with van der Waals surface area (Å²) in [5, 5.41) is 0.410. The summed E-state index contributed by atoms with van der Waals surface area (Å²) in [6.45, 7) is 4.94. The third kappa shape index (κ3) is 5.50. The Balaban J connectivity index is 3.68. The first-order valence-electron chi connectivity index (χ1n) is 1.78. The van der Waals surface area contributed by atoms with Gasteiger partial charge in [0.25, 0.3) is 0 Å². The van der Waals surface area contributed by atoms with Gasteiger partial charge in [-0.1, -0.05) is 18.2 Å². The van der Waals surface area contributed by atoms with E-state index >= 15 is 0 Å². The Morgan fingerprint density at radius 2 is 2.29 bits per heavy atom. The van der Waals surface area contributed by atoms with Crippen molar-refractivity contribution in [2.75, 3.05) is 0 Å². The van der Waals surface area contributed by atoms with Gasteiger partial charge in [-0.15, -0.1) is 0 Å². The molecule has 7 heavy (non-hydrogen) atoms. The van der Waals surface area contributed by atoms with Gasteiger partial charge in [0, 0.05) is 0 Å². The standard InChI is InChI=1S/C4H7ClN2/c1-3(5)7-4(2)6/h2,6H2,1H3/b7-3+. The van der Waals surface area contributed by atoms with Crippen LogP contribution in [0.2, 0.25) is 0 Å². The van der Waals surface area contributed by atoms with Gasteiger partial charge in [-0.25, -0.2) is 4.99 Å². The number of aliphatic imine (C=N–C) groups is 1. The highest BCUT2D eigenvalue weighted by Gasteiger charge is 1.77. The molecule has 0 aromatic carbocycles. The Labute approximate surface area is 47.7 Å². The molecule has 0 rings (SSSR count). The van der Waals surface area contributed by atoms with Gasteiger partial charge in [-0.3, -0.25) is 0 Å². The zero-order valence-corrected chi connectivity index (χ0v) is 4.87. The lowest BCUT2D eigenvalue weighted by Crippen LogP contribution is -1.91. The zero-order valence-electron chi connectivity index (χ0n) is 4.11. The molecule has 0 saturated heterocycles. The predicted molar refractivity (Wildman–Crippen MR) is 32.3 cm³/mol. The first kappa shape index (κ1) is 6.50. The van der Waals surface area contributed by atoms with Crippen LogP contribution in [0.1, 0.15) is 6.92 Å². The molecule has 2 N–H and O–H groups in total. The van der Waals surface area contributed by atoms with Gasteiger partial charge in [0.15, 0.2) is 0 Å². The molecule has 0 aromatic rings. The lowest BCUT2D eigenvalue weighted by atomic mass is 10.8. The van der Waals surface area contributed by atoms with Crippen molar-refractivity contribution >= 4 is 16.8 Å². The second-order valence-corrected chi connectivity index (χ2v) is 1.65. The molecule has 0 aliphatic heterocycles. The van der Waals surface area contributed by atoms with Crippen LogP contribution in [-0.4, -0.2) is 5.17 Å². The van der Waals surface area contributed by atoms with E-state index in [4.69, 9.17) is 17.3 Å². The van der Waals surface area contributed by atoms with E-state index in [0.717, 1.165) is 0 Å². The van der Waals surface area contributed by atoms with E-state index in [2.05, 4.69) is 11.6 Å². The summed E-state index contributed by atoms with van der Waals surface area (Å²) in [5.74, 6) is 0.243. The molecule has 0 aromatic heterocycles. The van der Waals surface area contributed by atoms with E-state index < -0.39 is 0 Å². The first-order chi connectivity index (χ1) is 3.13. The summed E-state index contributed by atoms with van der Waals surface area (Å²) in [4.78, 5) is 3.54. The fourth-order valence-electron chi connectivity index (χ4n) is 0.198. The fraction of sp³-hybridized carbons (Fsp3) is 0.250. The maximum absolute atomic E-state index is 5.28. The van der Waals surface area contributed by atoms with Gasteiger partial charge in [-0.05, 0) is 6.92 Å². The van der Waals surface area contributed by atoms with Crippen molar-refractivity contribution in [2.45, 2.75) is 6.92 Å². The van der Waals surface area contributed by atoms with Crippen molar-refractivity contribution in [1.82, 2.24) is 0 Å². The van der Waals surface area contributed by atoms with Crippen molar-refractivity contribution in [3.8, 4) is 0 Å². The van der Waals surface area contributed by atoms with E-state index in [1.807, 2.05) is 0 Å². The summed E-state index contributed by atoms with van der Waals surface area (Å²) < 4.78 is 0. The molecule has 0 aliphatic rings. The van der Waals surface area contributed by atoms with Crippen LogP contribution in [0.15, 0.2) is 17.4 Å². The van der Waals surface area contributed by atoms with E-state index in [1.165, 1.54) is 0 Å². The first-order valence-corrected chi connectivity index (χ1v) is 2.16. The zero-order chi connectivity index (χ0) is 5.86. The summed E-state index contributed by atoms with van der Waals surface area (Å²) >= 11 is 5.28. The molecule has 0 bridgehead atoms. The van der Waals surface area contributed by atoms with Crippen LogP contribution < -0.4 is 5.73 Å². The normalized spacial score (nSPS) is 11.4. The van der Waals surface area contributed by atoms with Crippen molar-refractivity contribution in [2.24, 2.45) is 10.7 Å². The Hall–Kier alpha value is -0.500. The minimum atomic E-state index is 0.243. The van der Waals surface area contributed by atoms with E-state index in [0.29, 0.717) is 5.17 Å². The van der Waals surface area contributed by atoms with Crippen molar-refractivity contribution in [1.29, 1.82) is 0 Å². The summed E-state index contributed by atoms with van der Waals surface area (Å²) in [6, 6.07) is 0. The molecular formula is C4H7ClN2. The lowest BCUT2D eigenvalue weighted by Gasteiger charge is -1.84. The molecule has 3 heteroatoms. The van der Waals surface area contributed by atoms with Crippen LogP contribution >= 0.6 is 11.6 Å². The lowest BCUT2D eigenvalue weighted by molar-refractivity contribution is 1.27. The van der Waals surface area contributed by atoms with Crippen LogP contribution in [0.3, 0.4) is 0 Å². The quantitative estimate of drug-likeness (QED) is 0.514. The average Bonchev–Trinajstić information content (AvgIpc) is 1.27. The summed E-state index contributed by atoms with van der Waals surface area (Å²) in [5.41, 5.74) is 5.03. The molecule has 0 spiro atoms. The van der Waals surface area contributed by atoms with Crippen molar-refractivity contribution in [3.63, 3.8) is 0 Å². The van der Waals surface area contributed by atoms with Gasteiger partial charge in [-0.2, -0.15) is 0 Å². The highest BCUT2D eigenvalue weighted by Crippen LogP contribution is 1.86. The Kier molecular flexibility index (Phi) is 2.45. The van der Waals surface area contributed by atoms with Crippen LogP contribution in [0.4, 0.5) is 0 Å². The average molecular weight is 119 g/mol. The summed E-state index contributed by atoms with van der Waals surface area (Å²) in [7, 11) is 0. The minimum absolute atomic E-state index is 0.243. The van der Waals surface area contributed by atoms with Crippen LogP contribution in [-0.2, 0) is 0 Å². The largest absolute Gasteiger partial charge is 0.384 e. The fourth-order valence-corrected chi connectivity index (χ4v) is 0.306. The maximum Gasteiger partial charge on any atom is 0.117 e. The van der Waals surface area contributed by atoms with Crippen LogP contribution in [0.25, 0.3) is 0 Å². The van der Waals surface area contributed by atoms with Gasteiger partial charge in [0.2, 0.25) is 0 Å². The molecule has 0 fully saturated rings. The van der Waals surface area contributed by atoms with E-state index in [9.17, 15) is 0 Å². The second-order valence-electron chi connectivity index (χ2n) is 1.10. The Morgan fingerprint density at radius 1 is 1.86 bits per heavy atom. The number of nitrogens with two attached hydrogens (primary N) is 1. The van der Waals surface area contributed by atoms with Crippen molar-refractivity contribution in [3.05, 3.63) is 12.4 Å². The van der Waals surface area contributed by atoms with Gasteiger partial charge in [0.1, 0.15) is 11.0 Å². The van der Waals surface area contributed by atoms with Gasteiger partial charge < -0.3 is 5.73 Å². The van der Waals surface area contributed by atoms with E-state index in [1.54, 1.807) is 6.92 Å². The summed E-state index contributed by atoms with van der Waals surface area (Å²) in [6.07, 6.45) is 0. The molecule has 0 amide bonds.